The summed E-state index contributed by atoms with van der Waals surface area (Å²) in [5.74, 6) is 7.81. The van der Waals surface area contributed by atoms with E-state index in [2.05, 4.69) is 36.3 Å². The lowest BCUT2D eigenvalue weighted by Crippen LogP contribution is -2.18. The maximum absolute atomic E-state index is 12.8. The molecule has 0 fully saturated rings. The number of nitrogens with one attached hydrogen (secondary N) is 1. The highest BCUT2D eigenvalue weighted by molar-refractivity contribution is 7.99. The van der Waals surface area contributed by atoms with Crippen LogP contribution in [0.25, 0.3) is 17.1 Å². The molecule has 0 bridgehead atoms. The topological polar surface area (TPSA) is 113 Å². The zero-order chi connectivity index (χ0) is 24.3. The lowest BCUT2D eigenvalue weighted by molar-refractivity contribution is -0.113. The van der Waals surface area contributed by atoms with Crippen LogP contribution < -0.4 is 15.9 Å². The molecule has 0 aliphatic carbocycles. The minimum absolute atomic E-state index is 0.103. The largest absolute Gasteiger partial charge is 0.496 e. The molecule has 0 saturated heterocycles. The van der Waals surface area contributed by atoms with Gasteiger partial charge in [-0.05, 0) is 24.3 Å². The molecular formula is C24H27N7O2S. The fourth-order valence-electron chi connectivity index (χ4n) is 3.30. The lowest BCUT2D eigenvalue weighted by Gasteiger charge is -2.14. The number of benzene rings is 2. The first-order valence-corrected chi connectivity index (χ1v) is 11.7. The molecule has 9 nitrogen and oxygen atoms in total. The summed E-state index contributed by atoms with van der Waals surface area (Å²) in [5.41, 5.74) is 2.29. The molecule has 0 spiro atoms. The second-order valence-electron chi connectivity index (χ2n) is 8.63. The van der Waals surface area contributed by atoms with Crippen molar-refractivity contribution in [3.8, 4) is 22.8 Å². The molecule has 0 aliphatic rings. The van der Waals surface area contributed by atoms with Gasteiger partial charge in [0.25, 0.3) is 0 Å². The van der Waals surface area contributed by atoms with Gasteiger partial charge < -0.3 is 15.9 Å². The number of nitrogens with two attached hydrogens (primary N) is 1. The summed E-state index contributed by atoms with van der Waals surface area (Å²) in [6, 6.07) is 19.0. The number of nitrogen functional groups attached to an aromatic ring is 1. The molecule has 2 aromatic carbocycles. The fourth-order valence-corrected chi connectivity index (χ4v) is 3.96. The second kappa shape index (κ2) is 9.60. The summed E-state index contributed by atoms with van der Waals surface area (Å²) in [5, 5.41) is 16.4. The number of nitrogens with zero attached hydrogens (tertiary/aromatic N) is 5. The number of amides is 1. The van der Waals surface area contributed by atoms with E-state index < -0.39 is 0 Å². The molecule has 0 radical (unpaired) electrons. The predicted molar refractivity (Wildman–Crippen MR) is 134 cm³/mol. The van der Waals surface area contributed by atoms with Crippen molar-refractivity contribution in [1.29, 1.82) is 0 Å². The molecule has 0 unspecified atom stereocenters. The second-order valence-corrected chi connectivity index (χ2v) is 9.57. The molecule has 0 aliphatic heterocycles. The molecule has 4 rings (SSSR count). The zero-order valence-electron chi connectivity index (χ0n) is 19.5. The molecule has 176 valence electrons. The van der Waals surface area contributed by atoms with E-state index >= 15 is 0 Å². The molecular weight excluding hydrogens is 450 g/mol. The van der Waals surface area contributed by atoms with Crippen molar-refractivity contribution >= 4 is 23.5 Å². The maximum atomic E-state index is 12.8. The Balaban J connectivity index is 1.50. The number of carbonyl (C=O) groups excluding carboxylic acids is 1. The Morgan fingerprint density at radius 2 is 1.79 bits per heavy atom. The number of para-hydroxylation sites is 2. The van der Waals surface area contributed by atoms with Gasteiger partial charge in [-0.1, -0.05) is 62.9 Å². The first-order chi connectivity index (χ1) is 16.3. The van der Waals surface area contributed by atoms with E-state index in [1.54, 1.807) is 11.8 Å². The molecule has 0 atom stereocenters. The third kappa shape index (κ3) is 4.91. The van der Waals surface area contributed by atoms with Crippen LogP contribution in [0.4, 0.5) is 5.82 Å². The van der Waals surface area contributed by atoms with Gasteiger partial charge in [-0.3, -0.25) is 4.79 Å². The van der Waals surface area contributed by atoms with Gasteiger partial charge in [-0.2, -0.15) is 5.10 Å². The van der Waals surface area contributed by atoms with Crippen molar-refractivity contribution in [2.75, 3.05) is 24.0 Å². The highest BCUT2D eigenvalue weighted by Crippen LogP contribution is 2.30. The number of rotatable bonds is 7. The first kappa shape index (κ1) is 23.4. The smallest absolute Gasteiger partial charge is 0.236 e. The number of hydrogen-bond donors (Lipinski definition) is 2. The van der Waals surface area contributed by atoms with Gasteiger partial charge in [0, 0.05) is 11.5 Å². The van der Waals surface area contributed by atoms with Crippen LogP contribution >= 0.6 is 11.8 Å². The van der Waals surface area contributed by atoms with Crippen LogP contribution in [0.1, 0.15) is 26.5 Å². The third-order valence-corrected chi connectivity index (χ3v) is 6.03. The van der Waals surface area contributed by atoms with Gasteiger partial charge in [-0.25, -0.2) is 9.36 Å². The molecule has 2 aromatic heterocycles. The van der Waals surface area contributed by atoms with Gasteiger partial charge in [0.1, 0.15) is 11.6 Å². The van der Waals surface area contributed by atoms with E-state index in [-0.39, 0.29) is 17.1 Å². The Bertz CT molecular complexity index is 1290. The van der Waals surface area contributed by atoms with Crippen molar-refractivity contribution in [2.24, 2.45) is 0 Å². The standard InChI is InChI=1S/C24H27N7O2S/c1-24(2,3)19-14-20(31(29-19)16-10-6-5-7-11-16)26-21(32)15-34-23-28-27-22(30(23)25)17-12-8-9-13-18(17)33-4/h5-14H,15,25H2,1-4H3,(H,26,32). The van der Waals surface area contributed by atoms with Gasteiger partial charge in [0.15, 0.2) is 5.82 Å². The summed E-state index contributed by atoms with van der Waals surface area (Å²) < 4.78 is 8.49. The van der Waals surface area contributed by atoms with Crippen molar-refractivity contribution in [3.63, 3.8) is 0 Å². The molecule has 10 heteroatoms. The minimum Gasteiger partial charge on any atom is -0.496 e. The van der Waals surface area contributed by atoms with Crippen molar-refractivity contribution < 1.29 is 9.53 Å². The van der Waals surface area contributed by atoms with Crippen molar-refractivity contribution in [3.05, 3.63) is 66.4 Å². The van der Waals surface area contributed by atoms with E-state index in [0.29, 0.717) is 22.5 Å². The number of anilines is 1. The van der Waals surface area contributed by atoms with Crippen LogP contribution in [-0.4, -0.2) is 43.4 Å². The van der Waals surface area contributed by atoms with Crippen LogP contribution in [0.3, 0.4) is 0 Å². The van der Waals surface area contributed by atoms with Crippen molar-refractivity contribution in [1.82, 2.24) is 24.7 Å². The summed E-state index contributed by atoms with van der Waals surface area (Å²) in [7, 11) is 1.58. The summed E-state index contributed by atoms with van der Waals surface area (Å²) in [6.45, 7) is 6.25. The molecule has 3 N–H and O–H groups in total. The third-order valence-electron chi connectivity index (χ3n) is 5.09. The molecule has 34 heavy (non-hydrogen) atoms. The van der Waals surface area contributed by atoms with E-state index in [1.807, 2.05) is 60.7 Å². The summed E-state index contributed by atoms with van der Waals surface area (Å²) in [6.07, 6.45) is 0. The van der Waals surface area contributed by atoms with E-state index in [4.69, 9.17) is 15.7 Å². The number of ether oxygens (including phenoxy) is 1. The molecule has 2 heterocycles. The van der Waals surface area contributed by atoms with E-state index in [0.717, 1.165) is 16.9 Å². The average Bonchev–Trinajstić information content (AvgIpc) is 3.42. The number of methoxy groups -OCH3 is 1. The Labute approximate surface area is 202 Å². The van der Waals surface area contributed by atoms with Gasteiger partial charge in [-0.15, -0.1) is 10.2 Å². The number of hydrogen-bond acceptors (Lipinski definition) is 7. The Kier molecular flexibility index (Phi) is 6.60. The van der Waals surface area contributed by atoms with E-state index in [9.17, 15) is 4.79 Å². The predicted octanol–water partition coefficient (Wildman–Crippen LogP) is 3.88. The van der Waals surface area contributed by atoms with Gasteiger partial charge in [0.05, 0.1) is 29.8 Å². The van der Waals surface area contributed by atoms with Crippen LogP contribution in [0.2, 0.25) is 0 Å². The minimum atomic E-state index is -0.204. The number of aromatic nitrogens is 5. The average molecular weight is 478 g/mol. The van der Waals surface area contributed by atoms with Crippen LogP contribution in [0.15, 0.2) is 65.8 Å². The highest BCUT2D eigenvalue weighted by atomic mass is 32.2. The first-order valence-electron chi connectivity index (χ1n) is 10.7. The number of carbonyl (C=O) groups is 1. The monoisotopic (exact) mass is 477 g/mol. The fraction of sp³-hybridized carbons (Fsp3) is 0.250. The van der Waals surface area contributed by atoms with Crippen LogP contribution in [0, 0.1) is 0 Å². The Morgan fingerprint density at radius 3 is 2.50 bits per heavy atom. The van der Waals surface area contributed by atoms with Crippen LogP contribution in [0.5, 0.6) is 5.75 Å². The molecule has 1 amide bonds. The summed E-state index contributed by atoms with van der Waals surface area (Å²) in [4.78, 5) is 12.8. The highest BCUT2D eigenvalue weighted by Gasteiger charge is 2.22. The van der Waals surface area contributed by atoms with Gasteiger partial charge in [0.2, 0.25) is 11.1 Å². The van der Waals surface area contributed by atoms with E-state index in [1.165, 1.54) is 16.4 Å². The SMILES string of the molecule is COc1ccccc1-c1nnc(SCC(=O)Nc2cc(C(C)(C)C)nn2-c2ccccc2)n1N. The lowest BCUT2D eigenvalue weighted by atomic mass is 9.92. The normalized spacial score (nSPS) is 11.4. The molecule has 4 aromatic rings. The quantitative estimate of drug-likeness (QED) is 0.307. The van der Waals surface area contributed by atoms with Crippen molar-refractivity contribution in [2.45, 2.75) is 31.3 Å². The number of thioether (sulfide) groups is 1. The van der Waals surface area contributed by atoms with Gasteiger partial charge >= 0.3 is 0 Å². The zero-order valence-corrected chi connectivity index (χ0v) is 20.3. The summed E-state index contributed by atoms with van der Waals surface area (Å²) >= 11 is 1.20. The maximum Gasteiger partial charge on any atom is 0.236 e. The van der Waals surface area contributed by atoms with Crippen LogP contribution in [-0.2, 0) is 10.2 Å². The Morgan fingerprint density at radius 1 is 1.09 bits per heavy atom. The Hall–Kier alpha value is -3.79. The molecule has 0 saturated carbocycles.